The van der Waals surface area contributed by atoms with Crippen LogP contribution < -0.4 is 14.8 Å². The van der Waals surface area contributed by atoms with Gasteiger partial charge in [0.25, 0.3) is 5.91 Å². The third-order valence-corrected chi connectivity index (χ3v) is 4.69. The Morgan fingerprint density at radius 1 is 1.27 bits per heavy atom. The van der Waals surface area contributed by atoms with Crippen LogP contribution in [0, 0.1) is 0 Å². The van der Waals surface area contributed by atoms with Crippen LogP contribution in [0.3, 0.4) is 0 Å². The highest BCUT2D eigenvalue weighted by atomic mass is 32.1. The minimum Gasteiger partial charge on any atom is -0.493 e. The largest absolute Gasteiger partial charge is 0.493 e. The molecule has 2 N–H and O–H groups in total. The summed E-state index contributed by atoms with van der Waals surface area (Å²) >= 11 is 1.60. The lowest BCUT2D eigenvalue weighted by molar-refractivity contribution is 0.102. The molecule has 0 radical (unpaired) electrons. The van der Waals surface area contributed by atoms with E-state index in [2.05, 4.69) is 22.4 Å². The first-order chi connectivity index (χ1) is 12.7. The predicted octanol–water partition coefficient (Wildman–Crippen LogP) is 4.58. The van der Waals surface area contributed by atoms with E-state index in [0.29, 0.717) is 29.5 Å². The van der Waals surface area contributed by atoms with Crippen molar-refractivity contribution in [2.24, 2.45) is 0 Å². The number of hydrogen-bond acceptors (Lipinski definition) is 5. The zero-order chi connectivity index (χ0) is 18.4. The van der Waals surface area contributed by atoms with Gasteiger partial charge in [-0.05, 0) is 36.1 Å². The Bertz CT molecular complexity index is 859. The fraction of sp³-hybridized carbons (Fsp3) is 0.263. The number of hydrogen-bond donors (Lipinski definition) is 2. The highest BCUT2D eigenvalue weighted by Gasteiger charge is 2.13. The molecule has 3 aromatic rings. The van der Waals surface area contributed by atoms with Gasteiger partial charge in [0, 0.05) is 11.6 Å². The summed E-state index contributed by atoms with van der Waals surface area (Å²) in [6.07, 6.45) is 2.02. The number of nitrogens with zero attached hydrogens (tertiary/aromatic N) is 1. The van der Waals surface area contributed by atoms with Gasteiger partial charge in [-0.25, -0.2) is 0 Å². The van der Waals surface area contributed by atoms with E-state index in [1.165, 1.54) is 0 Å². The molecule has 3 rings (SSSR count). The number of benzene rings is 1. The SMILES string of the molecule is CCCCOc1ccc(C(=O)Nc2cc(-c3cccs3)[nH]n2)cc1OC. The lowest BCUT2D eigenvalue weighted by Crippen LogP contribution is -2.12. The van der Waals surface area contributed by atoms with E-state index in [4.69, 9.17) is 9.47 Å². The van der Waals surface area contributed by atoms with Crippen LogP contribution in [0.15, 0.2) is 41.8 Å². The Labute approximate surface area is 156 Å². The van der Waals surface area contributed by atoms with Crippen molar-refractivity contribution in [3.05, 3.63) is 47.3 Å². The van der Waals surface area contributed by atoms with Crippen molar-refractivity contribution in [1.82, 2.24) is 10.2 Å². The molecule has 2 aromatic heterocycles. The van der Waals surface area contributed by atoms with Crippen LogP contribution in [0.2, 0.25) is 0 Å². The summed E-state index contributed by atoms with van der Waals surface area (Å²) in [4.78, 5) is 13.6. The maximum atomic E-state index is 12.5. The first kappa shape index (κ1) is 18.0. The van der Waals surface area contributed by atoms with Crippen molar-refractivity contribution in [3.63, 3.8) is 0 Å². The molecule has 0 atom stereocenters. The van der Waals surface area contributed by atoms with Gasteiger partial charge in [0.05, 0.1) is 24.3 Å². The summed E-state index contributed by atoms with van der Waals surface area (Å²) in [5.41, 5.74) is 1.35. The number of nitrogens with one attached hydrogen (secondary N) is 2. The maximum absolute atomic E-state index is 12.5. The second-order valence-electron chi connectivity index (χ2n) is 5.67. The molecule has 0 saturated carbocycles. The monoisotopic (exact) mass is 371 g/mol. The molecule has 6 nitrogen and oxygen atoms in total. The first-order valence-electron chi connectivity index (χ1n) is 8.42. The smallest absolute Gasteiger partial charge is 0.257 e. The molecule has 0 bridgehead atoms. The Kier molecular flexibility index (Phi) is 5.91. The van der Waals surface area contributed by atoms with Crippen molar-refractivity contribution >= 4 is 23.1 Å². The molecular weight excluding hydrogens is 350 g/mol. The van der Waals surface area contributed by atoms with Crippen molar-refractivity contribution < 1.29 is 14.3 Å². The number of amides is 1. The van der Waals surface area contributed by atoms with Crippen LogP contribution >= 0.6 is 11.3 Å². The van der Waals surface area contributed by atoms with Crippen LogP contribution in [0.1, 0.15) is 30.1 Å². The second kappa shape index (κ2) is 8.53. The van der Waals surface area contributed by atoms with E-state index in [0.717, 1.165) is 23.4 Å². The lowest BCUT2D eigenvalue weighted by Gasteiger charge is -2.11. The number of aromatic amines is 1. The zero-order valence-corrected chi connectivity index (χ0v) is 15.6. The van der Waals surface area contributed by atoms with E-state index in [9.17, 15) is 4.79 Å². The molecule has 0 fully saturated rings. The summed E-state index contributed by atoms with van der Waals surface area (Å²) in [5.74, 6) is 1.39. The second-order valence-corrected chi connectivity index (χ2v) is 6.61. The van der Waals surface area contributed by atoms with E-state index in [-0.39, 0.29) is 5.91 Å². The third-order valence-electron chi connectivity index (χ3n) is 3.79. The normalized spacial score (nSPS) is 10.5. The molecule has 0 aliphatic heterocycles. The van der Waals surface area contributed by atoms with Crippen LogP contribution in [-0.2, 0) is 0 Å². The van der Waals surface area contributed by atoms with Crippen molar-refractivity contribution in [2.45, 2.75) is 19.8 Å². The molecule has 0 aliphatic rings. The van der Waals surface area contributed by atoms with Crippen LogP contribution in [0.25, 0.3) is 10.6 Å². The van der Waals surface area contributed by atoms with E-state index in [1.807, 2.05) is 23.6 Å². The van der Waals surface area contributed by atoms with Crippen LogP contribution in [0.5, 0.6) is 11.5 Å². The molecule has 1 amide bonds. The van der Waals surface area contributed by atoms with Crippen LogP contribution in [-0.4, -0.2) is 29.8 Å². The molecule has 0 spiro atoms. The minimum atomic E-state index is -0.257. The molecule has 1 aromatic carbocycles. The lowest BCUT2D eigenvalue weighted by atomic mass is 10.2. The summed E-state index contributed by atoms with van der Waals surface area (Å²) in [7, 11) is 1.56. The quantitative estimate of drug-likeness (QED) is 0.568. The van der Waals surface area contributed by atoms with Gasteiger partial charge in [0.1, 0.15) is 0 Å². The van der Waals surface area contributed by atoms with Crippen LogP contribution in [0.4, 0.5) is 5.82 Å². The summed E-state index contributed by atoms with van der Waals surface area (Å²) in [6.45, 7) is 2.73. The standard InChI is InChI=1S/C19H21N3O3S/c1-3-4-9-25-15-8-7-13(11-16(15)24-2)19(23)20-18-12-14(21-22-18)17-6-5-10-26-17/h5-8,10-12H,3-4,9H2,1-2H3,(H2,20,21,22,23). The highest BCUT2D eigenvalue weighted by Crippen LogP contribution is 2.29. The number of unbranched alkanes of at least 4 members (excludes halogenated alkanes) is 1. The summed E-state index contributed by atoms with van der Waals surface area (Å²) in [5, 5.41) is 11.8. The molecule has 26 heavy (non-hydrogen) atoms. The topological polar surface area (TPSA) is 76.2 Å². The van der Waals surface area contributed by atoms with Crippen molar-refractivity contribution in [1.29, 1.82) is 0 Å². The van der Waals surface area contributed by atoms with Gasteiger partial charge in [0.2, 0.25) is 0 Å². The molecule has 0 aliphatic carbocycles. The Morgan fingerprint density at radius 3 is 2.88 bits per heavy atom. The van der Waals surface area contributed by atoms with Gasteiger partial charge in [-0.2, -0.15) is 5.10 Å². The number of methoxy groups -OCH3 is 1. The van der Waals surface area contributed by atoms with Gasteiger partial charge in [0.15, 0.2) is 17.3 Å². The van der Waals surface area contributed by atoms with Gasteiger partial charge >= 0.3 is 0 Å². The first-order valence-corrected chi connectivity index (χ1v) is 9.30. The predicted molar refractivity (Wildman–Crippen MR) is 103 cm³/mol. The maximum Gasteiger partial charge on any atom is 0.257 e. The Hall–Kier alpha value is -2.80. The van der Waals surface area contributed by atoms with Gasteiger partial charge in [-0.3, -0.25) is 9.89 Å². The average molecular weight is 371 g/mol. The molecular formula is C19H21N3O3S. The number of carbonyl (C=O) groups is 1. The third kappa shape index (κ3) is 4.23. The highest BCUT2D eigenvalue weighted by molar-refractivity contribution is 7.13. The molecule has 7 heteroatoms. The molecule has 0 saturated heterocycles. The fourth-order valence-electron chi connectivity index (χ4n) is 2.39. The van der Waals surface area contributed by atoms with E-state index in [1.54, 1.807) is 36.6 Å². The number of H-pyrrole nitrogens is 1. The minimum absolute atomic E-state index is 0.257. The number of rotatable bonds is 8. The van der Waals surface area contributed by atoms with E-state index >= 15 is 0 Å². The zero-order valence-electron chi connectivity index (χ0n) is 14.7. The van der Waals surface area contributed by atoms with Gasteiger partial charge in [-0.1, -0.05) is 19.4 Å². The number of carbonyl (C=O) groups excluding carboxylic acids is 1. The Morgan fingerprint density at radius 2 is 2.15 bits per heavy atom. The number of anilines is 1. The molecule has 0 unspecified atom stereocenters. The fourth-order valence-corrected chi connectivity index (χ4v) is 3.08. The number of aromatic nitrogens is 2. The van der Waals surface area contributed by atoms with Gasteiger partial charge < -0.3 is 14.8 Å². The molecule has 2 heterocycles. The average Bonchev–Trinajstić information content (AvgIpc) is 3.33. The van der Waals surface area contributed by atoms with Crippen molar-refractivity contribution in [3.8, 4) is 22.1 Å². The Balaban J connectivity index is 1.69. The van der Waals surface area contributed by atoms with Crippen molar-refractivity contribution in [2.75, 3.05) is 19.0 Å². The number of thiophene rings is 1. The summed E-state index contributed by atoms with van der Waals surface area (Å²) in [6, 6.07) is 10.9. The van der Waals surface area contributed by atoms with Gasteiger partial charge in [-0.15, -0.1) is 11.3 Å². The number of ether oxygens (including phenoxy) is 2. The summed E-state index contributed by atoms with van der Waals surface area (Å²) < 4.78 is 11.0. The molecule has 136 valence electrons. The van der Waals surface area contributed by atoms with E-state index < -0.39 is 0 Å².